The molecule has 1 amide bonds. The SMILES string of the molecule is N[C@H]1CCc2nc(NC(=O)C3CCCCC3)sc2C1. The summed E-state index contributed by atoms with van der Waals surface area (Å²) in [7, 11) is 0. The molecule has 3 rings (SSSR count). The molecule has 1 atom stereocenters. The van der Waals surface area contributed by atoms with Crippen LogP contribution in [-0.4, -0.2) is 16.9 Å². The van der Waals surface area contributed by atoms with Gasteiger partial charge < -0.3 is 11.1 Å². The second-order valence-corrected chi connectivity index (χ2v) is 6.80. The lowest BCUT2D eigenvalue weighted by Gasteiger charge is -2.19. The Balaban J connectivity index is 1.65. The first kappa shape index (κ1) is 13.1. The molecule has 1 aromatic heterocycles. The van der Waals surface area contributed by atoms with Crippen LogP contribution in [0.4, 0.5) is 5.13 Å². The van der Waals surface area contributed by atoms with Gasteiger partial charge in [-0.1, -0.05) is 19.3 Å². The molecule has 2 aliphatic carbocycles. The maximum absolute atomic E-state index is 12.2. The van der Waals surface area contributed by atoms with Crippen molar-refractivity contribution in [2.45, 2.75) is 57.4 Å². The number of amides is 1. The number of carbonyl (C=O) groups excluding carboxylic acids is 1. The van der Waals surface area contributed by atoms with Crippen molar-refractivity contribution in [2.75, 3.05) is 5.32 Å². The molecule has 0 saturated heterocycles. The maximum atomic E-state index is 12.2. The van der Waals surface area contributed by atoms with Crippen LogP contribution in [0.15, 0.2) is 0 Å². The van der Waals surface area contributed by atoms with Crippen LogP contribution in [0.2, 0.25) is 0 Å². The molecule has 0 unspecified atom stereocenters. The summed E-state index contributed by atoms with van der Waals surface area (Å²) in [6.45, 7) is 0. The zero-order valence-electron chi connectivity index (χ0n) is 11.2. The van der Waals surface area contributed by atoms with Crippen molar-refractivity contribution < 1.29 is 4.79 Å². The third-order valence-corrected chi connectivity index (χ3v) is 5.22. The van der Waals surface area contributed by atoms with Crippen LogP contribution in [-0.2, 0) is 17.6 Å². The molecule has 2 aliphatic rings. The lowest BCUT2D eigenvalue weighted by molar-refractivity contribution is -0.120. The van der Waals surface area contributed by atoms with Crippen molar-refractivity contribution in [2.24, 2.45) is 11.7 Å². The number of nitrogens with two attached hydrogens (primary N) is 1. The molecule has 104 valence electrons. The van der Waals surface area contributed by atoms with Crippen LogP contribution in [0.3, 0.4) is 0 Å². The highest BCUT2D eigenvalue weighted by Gasteiger charge is 2.24. The zero-order valence-corrected chi connectivity index (χ0v) is 12.0. The van der Waals surface area contributed by atoms with Crippen molar-refractivity contribution in [3.05, 3.63) is 10.6 Å². The Hall–Kier alpha value is -0.940. The number of aromatic nitrogens is 1. The minimum Gasteiger partial charge on any atom is -0.327 e. The summed E-state index contributed by atoms with van der Waals surface area (Å²) in [6.07, 6.45) is 8.56. The summed E-state index contributed by atoms with van der Waals surface area (Å²) < 4.78 is 0. The Morgan fingerprint density at radius 2 is 2.05 bits per heavy atom. The standard InChI is InChI=1S/C14H21N3OS/c15-10-6-7-11-12(8-10)19-14(16-11)17-13(18)9-4-2-1-3-5-9/h9-10H,1-8,15H2,(H,16,17,18)/t10-/m0/s1. The van der Waals surface area contributed by atoms with E-state index in [4.69, 9.17) is 5.73 Å². The lowest BCUT2D eigenvalue weighted by Crippen LogP contribution is -2.27. The number of nitrogens with zero attached hydrogens (tertiary/aromatic N) is 1. The highest BCUT2D eigenvalue weighted by atomic mass is 32.1. The molecule has 0 spiro atoms. The van der Waals surface area contributed by atoms with Gasteiger partial charge in [0.2, 0.25) is 5.91 Å². The van der Waals surface area contributed by atoms with E-state index in [1.165, 1.54) is 24.1 Å². The first-order chi connectivity index (χ1) is 9.22. The highest BCUT2D eigenvalue weighted by Crippen LogP contribution is 2.30. The van der Waals surface area contributed by atoms with E-state index in [-0.39, 0.29) is 17.9 Å². The number of thiazole rings is 1. The largest absolute Gasteiger partial charge is 0.327 e. The number of carbonyl (C=O) groups is 1. The minimum absolute atomic E-state index is 0.162. The zero-order chi connectivity index (χ0) is 13.2. The van der Waals surface area contributed by atoms with E-state index in [0.29, 0.717) is 0 Å². The summed E-state index contributed by atoms with van der Waals surface area (Å²) in [6, 6.07) is 0.259. The first-order valence-corrected chi connectivity index (χ1v) is 8.09. The van der Waals surface area contributed by atoms with Gasteiger partial charge in [-0.2, -0.15) is 0 Å². The molecule has 3 N–H and O–H groups in total. The second-order valence-electron chi connectivity index (χ2n) is 5.72. The van der Waals surface area contributed by atoms with Gasteiger partial charge in [-0.15, -0.1) is 11.3 Å². The molecule has 4 nitrogen and oxygen atoms in total. The fourth-order valence-electron chi connectivity index (χ4n) is 3.03. The van der Waals surface area contributed by atoms with Crippen LogP contribution in [0.25, 0.3) is 0 Å². The fourth-order valence-corrected chi connectivity index (χ4v) is 4.13. The van der Waals surface area contributed by atoms with Gasteiger partial charge in [-0.3, -0.25) is 4.79 Å². The third-order valence-electron chi connectivity index (χ3n) is 4.18. The number of hydrogen-bond acceptors (Lipinski definition) is 4. The Morgan fingerprint density at radius 3 is 2.84 bits per heavy atom. The molecule has 1 fully saturated rings. The van der Waals surface area contributed by atoms with E-state index in [1.54, 1.807) is 11.3 Å². The van der Waals surface area contributed by atoms with Gasteiger partial charge in [0.15, 0.2) is 5.13 Å². The van der Waals surface area contributed by atoms with E-state index < -0.39 is 0 Å². The van der Waals surface area contributed by atoms with Gasteiger partial charge in [0, 0.05) is 16.8 Å². The van der Waals surface area contributed by atoms with Crippen LogP contribution in [0, 0.1) is 5.92 Å². The molecule has 1 heterocycles. The van der Waals surface area contributed by atoms with Crippen molar-refractivity contribution in [1.82, 2.24) is 4.98 Å². The number of fused-ring (bicyclic) bond motifs is 1. The molecule has 0 aromatic carbocycles. The monoisotopic (exact) mass is 279 g/mol. The maximum Gasteiger partial charge on any atom is 0.229 e. The average Bonchev–Trinajstić information content (AvgIpc) is 2.81. The Morgan fingerprint density at radius 1 is 1.26 bits per heavy atom. The minimum atomic E-state index is 0.162. The Kier molecular flexibility index (Phi) is 3.84. The predicted octanol–water partition coefficient (Wildman–Crippen LogP) is 2.48. The summed E-state index contributed by atoms with van der Waals surface area (Å²) in [5, 5.41) is 3.78. The molecule has 0 aliphatic heterocycles. The van der Waals surface area contributed by atoms with E-state index in [9.17, 15) is 4.79 Å². The number of nitrogens with one attached hydrogen (secondary N) is 1. The number of anilines is 1. The number of hydrogen-bond donors (Lipinski definition) is 2. The van der Waals surface area contributed by atoms with E-state index >= 15 is 0 Å². The van der Waals surface area contributed by atoms with Gasteiger partial charge >= 0.3 is 0 Å². The van der Waals surface area contributed by atoms with Crippen LogP contribution < -0.4 is 11.1 Å². The first-order valence-electron chi connectivity index (χ1n) is 7.27. The van der Waals surface area contributed by atoms with Crippen molar-refractivity contribution in [3.8, 4) is 0 Å². The van der Waals surface area contributed by atoms with E-state index in [2.05, 4.69) is 10.3 Å². The van der Waals surface area contributed by atoms with Gasteiger partial charge in [0.25, 0.3) is 0 Å². The molecule has 5 heteroatoms. The summed E-state index contributed by atoms with van der Waals surface area (Å²) >= 11 is 1.61. The molecular formula is C14H21N3OS. The molecular weight excluding hydrogens is 258 g/mol. The summed E-state index contributed by atoms with van der Waals surface area (Å²) in [4.78, 5) is 18.0. The van der Waals surface area contributed by atoms with Crippen molar-refractivity contribution >= 4 is 22.4 Å². The van der Waals surface area contributed by atoms with Crippen LogP contribution >= 0.6 is 11.3 Å². The lowest BCUT2D eigenvalue weighted by atomic mass is 9.89. The number of aryl methyl sites for hydroxylation is 1. The van der Waals surface area contributed by atoms with Crippen LogP contribution in [0.1, 0.15) is 49.1 Å². The van der Waals surface area contributed by atoms with Crippen molar-refractivity contribution in [1.29, 1.82) is 0 Å². The normalized spacial score (nSPS) is 23.9. The van der Waals surface area contributed by atoms with Gasteiger partial charge in [0.1, 0.15) is 0 Å². The molecule has 0 bridgehead atoms. The third kappa shape index (κ3) is 2.98. The van der Waals surface area contributed by atoms with Crippen molar-refractivity contribution in [3.63, 3.8) is 0 Å². The second kappa shape index (κ2) is 5.59. The average molecular weight is 279 g/mol. The topological polar surface area (TPSA) is 68.0 Å². The predicted molar refractivity (Wildman–Crippen MR) is 77.3 cm³/mol. The highest BCUT2D eigenvalue weighted by molar-refractivity contribution is 7.15. The van der Waals surface area contributed by atoms with Gasteiger partial charge in [-0.25, -0.2) is 4.98 Å². The van der Waals surface area contributed by atoms with E-state index in [1.807, 2.05) is 0 Å². The van der Waals surface area contributed by atoms with E-state index in [0.717, 1.165) is 42.9 Å². The Bertz CT molecular complexity index is 465. The smallest absolute Gasteiger partial charge is 0.229 e. The number of rotatable bonds is 2. The quantitative estimate of drug-likeness (QED) is 0.874. The summed E-state index contributed by atoms with van der Waals surface area (Å²) in [5.74, 6) is 0.354. The molecule has 1 aromatic rings. The molecule has 1 saturated carbocycles. The Labute approximate surface area is 117 Å². The van der Waals surface area contributed by atoms with Gasteiger partial charge in [0.05, 0.1) is 5.69 Å². The van der Waals surface area contributed by atoms with Crippen LogP contribution in [0.5, 0.6) is 0 Å². The molecule has 19 heavy (non-hydrogen) atoms. The molecule has 0 radical (unpaired) electrons. The fraction of sp³-hybridized carbons (Fsp3) is 0.714. The van der Waals surface area contributed by atoms with Gasteiger partial charge in [-0.05, 0) is 32.1 Å². The summed E-state index contributed by atoms with van der Waals surface area (Å²) in [5.41, 5.74) is 7.11.